The van der Waals surface area contributed by atoms with Gasteiger partial charge in [-0.3, -0.25) is 4.98 Å². The Morgan fingerprint density at radius 2 is 2.19 bits per heavy atom. The topological polar surface area (TPSA) is 83.7 Å². The maximum atomic E-state index is 12.4. The number of guanidine groups is 1. The predicted molar refractivity (Wildman–Crippen MR) is 66.7 cm³/mol. The fourth-order valence-corrected chi connectivity index (χ4v) is 1.90. The Hall–Kier alpha value is -2.39. The van der Waals surface area contributed by atoms with E-state index >= 15 is 0 Å². The second-order valence-electron chi connectivity index (χ2n) is 4.40. The molecule has 0 fully saturated rings. The van der Waals surface area contributed by atoms with Crippen LogP contribution in [0.2, 0.25) is 0 Å². The molecule has 0 saturated heterocycles. The molecule has 0 amide bonds. The molecule has 2 heterocycles. The highest BCUT2D eigenvalue weighted by Crippen LogP contribution is 2.27. The van der Waals surface area contributed by atoms with Crippen molar-refractivity contribution in [3.05, 3.63) is 39.7 Å². The summed E-state index contributed by atoms with van der Waals surface area (Å²) in [6.45, 7) is 1.20. The normalized spacial score (nSPS) is 15.6. The molecule has 0 aliphatic carbocycles. The number of hydrogen-bond acceptors (Lipinski definition) is 5. The van der Waals surface area contributed by atoms with Gasteiger partial charge in [-0.15, -0.1) is 0 Å². The van der Waals surface area contributed by atoms with Gasteiger partial charge in [0.25, 0.3) is 5.96 Å². The number of aliphatic imine (C=N–C) groups is 1. The molecule has 0 unspecified atom stereocenters. The van der Waals surface area contributed by atoms with Crippen molar-refractivity contribution in [2.75, 3.05) is 13.1 Å². The number of halogens is 3. The number of nitrogens with zero attached hydrogens (tertiary/aromatic N) is 4. The summed E-state index contributed by atoms with van der Waals surface area (Å²) in [5.74, 6) is 0.103. The van der Waals surface area contributed by atoms with Crippen molar-refractivity contribution in [2.24, 2.45) is 4.99 Å². The fraction of sp³-hybridized carbons (Fsp3) is 0.455. The third kappa shape index (κ3) is 4.04. The first-order valence-corrected chi connectivity index (χ1v) is 6.09. The van der Waals surface area contributed by atoms with Crippen LogP contribution in [0.4, 0.5) is 13.2 Å². The molecule has 2 rings (SSSR count). The summed E-state index contributed by atoms with van der Waals surface area (Å²) in [5.41, 5.74) is 1.53. The van der Waals surface area contributed by atoms with Gasteiger partial charge in [0.2, 0.25) is 0 Å². The van der Waals surface area contributed by atoms with Crippen LogP contribution in [-0.2, 0) is 12.7 Å². The summed E-state index contributed by atoms with van der Waals surface area (Å²) in [6.07, 6.45) is -2.65. The maximum Gasteiger partial charge on any atom is 0.433 e. The van der Waals surface area contributed by atoms with Crippen molar-refractivity contribution < 1.29 is 18.2 Å². The van der Waals surface area contributed by atoms with Crippen LogP contribution in [0.25, 0.3) is 0 Å². The third-order valence-corrected chi connectivity index (χ3v) is 2.83. The van der Waals surface area contributed by atoms with Gasteiger partial charge in [-0.05, 0) is 18.1 Å². The molecule has 0 radical (unpaired) electrons. The van der Waals surface area contributed by atoms with E-state index in [1.807, 2.05) is 5.43 Å². The number of aromatic nitrogens is 1. The summed E-state index contributed by atoms with van der Waals surface area (Å²) in [7, 11) is 0. The van der Waals surface area contributed by atoms with E-state index in [2.05, 4.69) is 9.98 Å². The zero-order chi connectivity index (χ0) is 15.5. The number of hydrazine groups is 1. The molecular formula is C11H12F3N5O2. The van der Waals surface area contributed by atoms with Crippen LogP contribution in [-0.4, -0.2) is 34.0 Å². The lowest BCUT2D eigenvalue weighted by atomic mass is 10.2. The number of nitrogens with one attached hydrogen (secondary N) is 1. The molecule has 1 aromatic heterocycles. The van der Waals surface area contributed by atoms with E-state index in [0.717, 1.165) is 18.7 Å². The van der Waals surface area contributed by atoms with Gasteiger partial charge in [0.15, 0.2) is 5.03 Å². The Morgan fingerprint density at radius 3 is 2.76 bits per heavy atom. The smallest absolute Gasteiger partial charge is 0.334 e. The van der Waals surface area contributed by atoms with Crippen molar-refractivity contribution in [2.45, 2.75) is 19.1 Å². The van der Waals surface area contributed by atoms with Gasteiger partial charge in [-0.1, -0.05) is 11.5 Å². The van der Waals surface area contributed by atoms with Gasteiger partial charge in [-0.25, -0.2) is 15.1 Å². The van der Waals surface area contributed by atoms with E-state index in [1.54, 1.807) is 4.90 Å². The minimum Gasteiger partial charge on any atom is -0.334 e. The SMILES string of the molecule is O=[N+]([O-])NC1=NCCCN1Cc1ccc(C(F)(F)F)nc1. The van der Waals surface area contributed by atoms with Gasteiger partial charge in [0.1, 0.15) is 5.69 Å². The number of hydrogen-bond donors (Lipinski definition) is 1. The molecule has 7 nitrogen and oxygen atoms in total. The van der Waals surface area contributed by atoms with Crippen LogP contribution >= 0.6 is 0 Å². The molecule has 1 aliphatic heterocycles. The first kappa shape index (κ1) is 15.0. The molecule has 1 aromatic rings. The molecular weight excluding hydrogens is 291 g/mol. The van der Waals surface area contributed by atoms with Crippen LogP contribution in [0, 0.1) is 10.1 Å². The highest BCUT2D eigenvalue weighted by atomic mass is 19.4. The summed E-state index contributed by atoms with van der Waals surface area (Å²) < 4.78 is 37.2. The molecule has 0 aromatic carbocycles. The zero-order valence-electron chi connectivity index (χ0n) is 10.8. The number of alkyl halides is 3. The lowest BCUT2D eigenvalue weighted by molar-refractivity contribution is -0.526. The van der Waals surface area contributed by atoms with Crippen molar-refractivity contribution in [1.82, 2.24) is 15.3 Å². The van der Waals surface area contributed by atoms with Crippen molar-refractivity contribution in [1.29, 1.82) is 0 Å². The lowest BCUT2D eigenvalue weighted by Crippen LogP contribution is -2.46. The molecule has 10 heteroatoms. The largest absolute Gasteiger partial charge is 0.433 e. The third-order valence-electron chi connectivity index (χ3n) is 2.83. The highest BCUT2D eigenvalue weighted by molar-refractivity contribution is 5.79. The highest BCUT2D eigenvalue weighted by Gasteiger charge is 2.32. The molecule has 1 N–H and O–H groups in total. The summed E-state index contributed by atoms with van der Waals surface area (Å²) >= 11 is 0. The zero-order valence-corrected chi connectivity index (χ0v) is 10.8. The number of pyridine rings is 1. The number of rotatable bonds is 3. The molecule has 21 heavy (non-hydrogen) atoms. The molecule has 114 valence electrons. The van der Waals surface area contributed by atoms with Crippen molar-refractivity contribution in [3.63, 3.8) is 0 Å². The van der Waals surface area contributed by atoms with Crippen molar-refractivity contribution in [3.8, 4) is 0 Å². The van der Waals surface area contributed by atoms with Crippen LogP contribution in [0.3, 0.4) is 0 Å². The molecule has 0 atom stereocenters. The van der Waals surface area contributed by atoms with E-state index in [4.69, 9.17) is 0 Å². The average molecular weight is 303 g/mol. The Morgan fingerprint density at radius 1 is 1.43 bits per heavy atom. The minimum absolute atomic E-state index is 0.103. The first-order valence-electron chi connectivity index (χ1n) is 6.09. The van der Waals surface area contributed by atoms with Crippen LogP contribution in [0.1, 0.15) is 17.7 Å². The van der Waals surface area contributed by atoms with Crippen LogP contribution < -0.4 is 5.43 Å². The second kappa shape index (κ2) is 5.94. The molecule has 1 aliphatic rings. The van der Waals surface area contributed by atoms with Gasteiger partial charge in [-0.2, -0.15) is 13.2 Å². The summed E-state index contributed by atoms with van der Waals surface area (Å²) in [4.78, 5) is 19.4. The van der Waals surface area contributed by atoms with Crippen LogP contribution in [0.15, 0.2) is 23.3 Å². The quantitative estimate of drug-likeness (QED) is 0.675. The van der Waals surface area contributed by atoms with Gasteiger partial charge < -0.3 is 4.90 Å². The van der Waals surface area contributed by atoms with Crippen LogP contribution in [0.5, 0.6) is 0 Å². The monoisotopic (exact) mass is 303 g/mol. The molecule has 0 bridgehead atoms. The van der Waals surface area contributed by atoms with E-state index in [1.165, 1.54) is 6.07 Å². The van der Waals surface area contributed by atoms with E-state index in [-0.39, 0.29) is 12.5 Å². The molecule has 0 saturated carbocycles. The summed E-state index contributed by atoms with van der Waals surface area (Å²) in [5, 5.41) is 9.75. The summed E-state index contributed by atoms with van der Waals surface area (Å²) in [6, 6.07) is 2.19. The van der Waals surface area contributed by atoms with E-state index in [0.29, 0.717) is 18.7 Å². The van der Waals surface area contributed by atoms with E-state index < -0.39 is 16.9 Å². The molecule has 0 spiro atoms. The van der Waals surface area contributed by atoms with Crippen molar-refractivity contribution >= 4 is 5.96 Å². The lowest BCUT2D eigenvalue weighted by Gasteiger charge is -2.26. The Labute approximate surface area is 117 Å². The van der Waals surface area contributed by atoms with Gasteiger partial charge in [0.05, 0.1) is 0 Å². The van der Waals surface area contributed by atoms with E-state index in [9.17, 15) is 23.3 Å². The Bertz CT molecular complexity index is 544. The van der Waals surface area contributed by atoms with Gasteiger partial charge in [0, 0.05) is 25.8 Å². The van der Waals surface area contributed by atoms with Gasteiger partial charge >= 0.3 is 6.18 Å². The Kier molecular flexibility index (Phi) is 4.24. The Balaban J connectivity index is 2.08. The average Bonchev–Trinajstić information content (AvgIpc) is 2.40. The minimum atomic E-state index is -4.48. The number of nitro groups is 1. The second-order valence-corrected chi connectivity index (χ2v) is 4.40. The fourth-order valence-electron chi connectivity index (χ4n) is 1.90. The maximum absolute atomic E-state index is 12.4. The predicted octanol–water partition coefficient (Wildman–Crippen LogP) is 1.44. The standard InChI is InChI=1S/C11H12F3N5O2/c12-11(13,14)9-3-2-8(6-16-9)7-18-5-1-4-15-10(18)17-19(20)21/h2-3,6H,1,4-5,7H2,(H,15,17). The first-order chi connectivity index (χ1) is 9.86.